The van der Waals surface area contributed by atoms with Crippen molar-refractivity contribution < 1.29 is 0 Å². The summed E-state index contributed by atoms with van der Waals surface area (Å²) >= 11 is 5.92. The molecule has 0 aliphatic rings. The van der Waals surface area contributed by atoms with Gasteiger partial charge >= 0.3 is 0 Å². The average molecular weight is 233 g/mol. The van der Waals surface area contributed by atoms with Crippen LogP contribution in [0.2, 0.25) is 5.02 Å². The molecule has 0 aliphatic carbocycles. The first-order valence-corrected chi connectivity index (χ1v) is 5.01. The van der Waals surface area contributed by atoms with Crippen molar-refractivity contribution in [3.8, 4) is 11.8 Å². The van der Waals surface area contributed by atoms with Crippen LogP contribution >= 0.6 is 11.6 Å². The lowest BCUT2D eigenvalue weighted by atomic mass is 10.2. The maximum absolute atomic E-state index is 9.00. The summed E-state index contributed by atoms with van der Waals surface area (Å²) in [5.41, 5.74) is 8.03. The van der Waals surface area contributed by atoms with Gasteiger partial charge in [0.15, 0.2) is 0 Å². The fourth-order valence-electron chi connectivity index (χ4n) is 1.41. The Morgan fingerprint density at radius 3 is 2.81 bits per heavy atom. The molecule has 0 unspecified atom stereocenters. The van der Waals surface area contributed by atoms with Crippen molar-refractivity contribution in [2.75, 3.05) is 5.73 Å². The quantitative estimate of drug-likeness (QED) is 0.767. The van der Waals surface area contributed by atoms with E-state index in [0.29, 0.717) is 22.0 Å². The standard InChI is InChI=1S/C11H9ClN4/c1-7-10(12)6-16(15-7)11-3-2-9(14)4-8(11)5-13/h2-4,6H,14H2,1H3. The van der Waals surface area contributed by atoms with Crippen LogP contribution in [0.5, 0.6) is 0 Å². The first kappa shape index (κ1) is 10.5. The maximum Gasteiger partial charge on any atom is 0.101 e. The molecule has 0 saturated carbocycles. The molecule has 2 rings (SSSR count). The molecule has 0 fully saturated rings. The first-order valence-electron chi connectivity index (χ1n) is 4.63. The van der Waals surface area contributed by atoms with Crippen molar-refractivity contribution in [3.63, 3.8) is 0 Å². The molecule has 2 aromatic rings. The van der Waals surface area contributed by atoms with Crippen LogP contribution in [-0.2, 0) is 0 Å². The second-order valence-corrected chi connectivity index (χ2v) is 3.80. The van der Waals surface area contributed by atoms with Gasteiger partial charge in [-0.05, 0) is 25.1 Å². The number of hydrogen-bond donors (Lipinski definition) is 1. The molecule has 0 atom stereocenters. The number of nitriles is 1. The smallest absolute Gasteiger partial charge is 0.101 e. The van der Waals surface area contributed by atoms with E-state index >= 15 is 0 Å². The summed E-state index contributed by atoms with van der Waals surface area (Å²) in [5, 5.41) is 13.8. The predicted octanol–water partition coefficient (Wildman–Crippen LogP) is 2.29. The molecule has 5 heteroatoms. The fraction of sp³-hybridized carbons (Fsp3) is 0.0909. The molecule has 2 N–H and O–H groups in total. The molecule has 16 heavy (non-hydrogen) atoms. The molecular formula is C11H9ClN4. The number of halogens is 1. The Labute approximate surface area is 97.9 Å². The Bertz CT molecular complexity index is 561. The molecule has 0 radical (unpaired) electrons. The van der Waals surface area contributed by atoms with Gasteiger partial charge in [0.1, 0.15) is 6.07 Å². The second kappa shape index (κ2) is 3.87. The number of anilines is 1. The topological polar surface area (TPSA) is 67.6 Å². The summed E-state index contributed by atoms with van der Waals surface area (Å²) in [6.45, 7) is 1.81. The predicted molar refractivity (Wildman–Crippen MR) is 62.4 cm³/mol. The summed E-state index contributed by atoms with van der Waals surface area (Å²) in [7, 11) is 0. The van der Waals surface area contributed by atoms with Gasteiger partial charge in [0, 0.05) is 11.9 Å². The SMILES string of the molecule is Cc1nn(-c2ccc(N)cc2C#N)cc1Cl. The molecule has 0 spiro atoms. The van der Waals surface area contributed by atoms with E-state index in [1.165, 1.54) is 0 Å². The van der Waals surface area contributed by atoms with E-state index in [9.17, 15) is 0 Å². The summed E-state index contributed by atoms with van der Waals surface area (Å²) < 4.78 is 1.58. The van der Waals surface area contributed by atoms with E-state index in [2.05, 4.69) is 11.2 Å². The van der Waals surface area contributed by atoms with Gasteiger partial charge < -0.3 is 5.73 Å². The minimum Gasteiger partial charge on any atom is -0.399 e. The lowest BCUT2D eigenvalue weighted by Gasteiger charge is -2.04. The number of aryl methyl sites for hydroxylation is 1. The van der Waals surface area contributed by atoms with Crippen molar-refractivity contribution in [1.29, 1.82) is 5.26 Å². The van der Waals surface area contributed by atoms with Crippen LogP contribution < -0.4 is 5.73 Å². The number of nitrogens with two attached hydrogens (primary N) is 1. The van der Waals surface area contributed by atoms with Crippen LogP contribution in [0.3, 0.4) is 0 Å². The molecule has 1 aromatic carbocycles. The van der Waals surface area contributed by atoms with Crippen LogP contribution in [-0.4, -0.2) is 9.78 Å². The summed E-state index contributed by atoms with van der Waals surface area (Å²) in [6.07, 6.45) is 1.67. The Balaban J connectivity index is 2.60. The molecule has 0 bridgehead atoms. The number of rotatable bonds is 1. The summed E-state index contributed by atoms with van der Waals surface area (Å²) in [4.78, 5) is 0. The van der Waals surface area contributed by atoms with Gasteiger partial charge in [-0.2, -0.15) is 10.4 Å². The molecule has 1 heterocycles. The Kier molecular flexibility index (Phi) is 2.55. The van der Waals surface area contributed by atoms with Crippen molar-refractivity contribution in [2.45, 2.75) is 6.92 Å². The third-order valence-corrected chi connectivity index (χ3v) is 2.60. The highest BCUT2D eigenvalue weighted by atomic mass is 35.5. The number of nitrogen functional groups attached to an aromatic ring is 1. The van der Waals surface area contributed by atoms with Crippen LogP contribution in [0, 0.1) is 18.3 Å². The normalized spacial score (nSPS) is 10.1. The van der Waals surface area contributed by atoms with Crippen molar-refractivity contribution >= 4 is 17.3 Å². The number of nitrogens with zero attached hydrogens (tertiary/aromatic N) is 3. The van der Waals surface area contributed by atoms with Crippen LogP contribution in [0.15, 0.2) is 24.4 Å². The summed E-state index contributed by atoms with van der Waals surface area (Å²) in [6, 6.07) is 7.16. The lowest BCUT2D eigenvalue weighted by molar-refractivity contribution is 0.860. The number of aromatic nitrogens is 2. The highest BCUT2D eigenvalue weighted by Crippen LogP contribution is 2.20. The van der Waals surface area contributed by atoms with E-state index in [-0.39, 0.29) is 0 Å². The fourth-order valence-corrected chi connectivity index (χ4v) is 1.54. The number of hydrogen-bond acceptors (Lipinski definition) is 3. The molecule has 0 aliphatic heterocycles. The highest BCUT2D eigenvalue weighted by Gasteiger charge is 2.08. The third kappa shape index (κ3) is 1.73. The van der Waals surface area contributed by atoms with Gasteiger partial charge in [-0.25, -0.2) is 4.68 Å². The van der Waals surface area contributed by atoms with Gasteiger partial charge in [-0.3, -0.25) is 0 Å². The van der Waals surface area contributed by atoms with Crippen molar-refractivity contribution in [2.24, 2.45) is 0 Å². The molecule has 1 aromatic heterocycles. The van der Waals surface area contributed by atoms with Crippen LogP contribution in [0.25, 0.3) is 5.69 Å². The third-order valence-electron chi connectivity index (χ3n) is 2.23. The van der Waals surface area contributed by atoms with E-state index in [1.807, 2.05) is 6.92 Å². The van der Waals surface area contributed by atoms with E-state index in [0.717, 1.165) is 5.69 Å². The Morgan fingerprint density at radius 2 is 2.25 bits per heavy atom. The van der Waals surface area contributed by atoms with Crippen LogP contribution in [0.4, 0.5) is 5.69 Å². The van der Waals surface area contributed by atoms with E-state index in [4.69, 9.17) is 22.6 Å². The summed E-state index contributed by atoms with van der Waals surface area (Å²) in [5.74, 6) is 0. The maximum atomic E-state index is 9.00. The Morgan fingerprint density at radius 1 is 1.50 bits per heavy atom. The Hall–Kier alpha value is -1.99. The first-order chi connectivity index (χ1) is 7.61. The molecule has 4 nitrogen and oxygen atoms in total. The van der Waals surface area contributed by atoms with Crippen molar-refractivity contribution in [3.05, 3.63) is 40.7 Å². The van der Waals surface area contributed by atoms with Gasteiger partial charge in [0.2, 0.25) is 0 Å². The zero-order valence-electron chi connectivity index (χ0n) is 8.61. The number of benzene rings is 1. The molecule has 0 amide bonds. The molecule has 0 saturated heterocycles. The van der Waals surface area contributed by atoms with E-state index in [1.54, 1.807) is 29.1 Å². The van der Waals surface area contributed by atoms with Gasteiger partial charge in [-0.15, -0.1) is 0 Å². The van der Waals surface area contributed by atoms with Gasteiger partial charge in [-0.1, -0.05) is 11.6 Å². The zero-order chi connectivity index (χ0) is 11.7. The van der Waals surface area contributed by atoms with Crippen LogP contribution in [0.1, 0.15) is 11.3 Å². The highest BCUT2D eigenvalue weighted by molar-refractivity contribution is 6.31. The molecular weight excluding hydrogens is 224 g/mol. The minimum absolute atomic E-state index is 0.471. The zero-order valence-corrected chi connectivity index (χ0v) is 9.36. The second-order valence-electron chi connectivity index (χ2n) is 3.40. The van der Waals surface area contributed by atoms with E-state index < -0.39 is 0 Å². The van der Waals surface area contributed by atoms with Gasteiger partial charge in [0.25, 0.3) is 0 Å². The molecule has 80 valence electrons. The largest absolute Gasteiger partial charge is 0.399 e. The van der Waals surface area contributed by atoms with Crippen molar-refractivity contribution in [1.82, 2.24) is 9.78 Å². The lowest BCUT2D eigenvalue weighted by Crippen LogP contribution is -1.99. The average Bonchev–Trinajstić information content (AvgIpc) is 2.59. The van der Waals surface area contributed by atoms with Gasteiger partial charge in [0.05, 0.1) is 22.0 Å². The minimum atomic E-state index is 0.471. The monoisotopic (exact) mass is 232 g/mol.